The highest BCUT2D eigenvalue weighted by atomic mass is 32.1. The van der Waals surface area contributed by atoms with Crippen molar-refractivity contribution in [3.8, 4) is 0 Å². The zero-order valence-corrected chi connectivity index (χ0v) is 15.6. The molecule has 0 radical (unpaired) electrons. The largest absolute Gasteiger partial charge is 0.370 e. The zero-order valence-electron chi connectivity index (χ0n) is 14.8. The molecule has 2 aromatic heterocycles. The molecule has 3 aromatic rings. The maximum atomic E-state index is 12.6. The quantitative estimate of drug-likeness (QED) is 0.767. The van der Waals surface area contributed by atoms with Gasteiger partial charge in [0.15, 0.2) is 0 Å². The van der Waals surface area contributed by atoms with Gasteiger partial charge >= 0.3 is 0 Å². The fraction of sp³-hybridized carbons (Fsp3) is 0.350. The molecule has 5 nitrogen and oxygen atoms in total. The second-order valence-electron chi connectivity index (χ2n) is 6.78. The van der Waals surface area contributed by atoms with Crippen molar-refractivity contribution < 1.29 is 4.79 Å². The van der Waals surface area contributed by atoms with E-state index in [-0.39, 0.29) is 11.8 Å². The van der Waals surface area contributed by atoms with Crippen molar-refractivity contribution in [2.45, 2.75) is 26.3 Å². The number of anilines is 1. The zero-order chi connectivity index (χ0) is 17.9. The molecule has 134 valence electrons. The maximum Gasteiger partial charge on any atom is 0.225 e. The van der Waals surface area contributed by atoms with E-state index >= 15 is 0 Å². The van der Waals surface area contributed by atoms with Crippen molar-refractivity contribution in [1.82, 2.24) is 15.3 Å². The average Bonchev–Trinajstić information content (AvgIpc) is 3.19. The Bertz CT molecular complexity index is 909. The van der Waals surface area contributed by atoms with Crippen molar-refractivity contribution in [1.29, 1.82) is 0 Å². The first kappa shape index (κ1) is 17.0. The number of thiazole rings is 1. The molecule has 6 heteroatoms. The van der Waals surface area contributed by atoms with Gasteiger partial charge in [0.25, 0.3) is 0 Å². The van der Waals surface area contributed by atoms with Gasteiger partial charge in [-0.3, -0.25) is 9.78 Å². The van der Waals surface area contributed by atoms with E-state index in [2.05, 4.69) is 51.4 Å². The Morgan fingerprint density at radius 3 is 3.08 bits per heavy atom. The first-order valence-electron chi connectivity index (χ1n) is 8.97. The Hall–Kier alpha value is -2.47. The molecule has 1 N–H and O–H groups in total. The van der Waals surface area contributed by atoms with E-state index in [1.165, 1.54) is 11.3 Å². The number of hydrogen-bond donors (Lipinski definition) is 1. The molecule has 26 heavy (non-hydrogen) atoms. The number of pyridine rings is 1. The first-order chi connectivity index (χ1) is 12.7. The van der Waals surface area contributed by atoms with Gasteiger partial charge in [0.1, 0.15) is 5.01 Å². The van der Waals surface area contributed by atoms with Gasteiger partial charge in [0, 0.05) is 41.9 Å². The van der Waals surface area contributed by atoms with E-state index in [0.717, 1.165) is 41.8 Å². The van der Waals surface area contributed by atoms with Gasteiger partial charge in [-0.15, -0.1) is 11.3 Å². The van der Waals surface area contributed by atoms with E-state index < -0.39 is 0 Å². The summed E-state index contributed by atoms with van der Waals surface area (Å²) in [5.41, 5.74) is 3.40. The fourth-order valence-corrected chi connectivity index (χ4v) is 4.13. The third-order valence-electron chi connectivity index (χ3n) is 4.90. The summed E-state index contributed by atoms with van der Waals surface area (Å²) in [4.78, 5) is 23.7. The van der Waals surface area contributed by atoms with Crippen LogP contribution >= 0.6 is 11.3 Å². The van der Waals surface area contributed by atoms with Gasteiger partial charge in [-0.25, -0.2) is 4.98 Å². The monoisotopic (exact) mass is 366 g/mol. The molecule has 1 aliphatic rings. The van der Waals surface area contributed by atoms with Crippen molar-refractivity contribution in [2.24, 2.45) is 5.92 Å². The molecule has 3 heterocycles. The lowest BCUT2D eigenvalue weighted by molar-refractivity contribution is -0.125. The number of nitrogens with zero attached hydrogens (tertiary/aromatic N) is 3. The number of aromatic nitrogens is 2. The topological polar surface area (TPSA) is 58.1 Å². The molecule has 4 rings (SSSR count). The van der Waals surface area contributed by atoms with Gasteiger partial charge in [0.2, 0.25) is 5.91 Å². The molecule has 1 aromatic carbocycles. The molecule has 1 fully saturated rings. The van der Waals surface area contributed by atoms with Crippen LogP contribution in [0.4, 0.5) is 5.69 Å². The van der Waals surface area contributed by atoms with Crippen LogP contribution in [-0.4, -0.2) is 29.0 Å². The van der Waals surface area contributed by atoms with Crippen LogP contribution in [0.5, 0.6) is 0 Å². The van der Waals surface area contributed by atoms with E-state index in [1.807, 2.05) is 11.6 Å². The molecular formula is C20H22N4OS. The van der Waals surface area contributed by atoms with Gasteiger partial charge in [-0.05, 0) is 38.0 Å². The highest BCUT2D eigenvalue weighted by Crippen LogP contribution is 2.30. The summed E-state index contributed by atoms with van der Waals surface area (Å²) in [7, 11) is 0. The Balaban J connectivity index is 1.50. The molecule has 1 unspecified atom stereocenters. The Labute approximate surface area is 157 Å². The predicted molar refractivity (Wildman–Crippen MR) is 105 cm³/mol. The first-order valence-corrected chi connectivity index (χ1v) is 9.85. The molecule has 1 atom stereocenters. The van der Waals surface area contributed by atoms with Crippen LogP contribution < -0.4 is 10.2 Å². The van der Waals surface area contributed by atoms with Gasteiger partial charge in [0.05, 0.1) is 18.0 Å². The lowest BCUT2D eigenvalue weighted by atomic mass is 9.96. The number of aryl methyl sites for hydroxylation is 1. The van der Waals surface area contributed by atoms with Crippen LogP contribution in [0.3, 0.4) is 0 Å². The Kier molecular flexibility index (Phi) is 4.84. The predicted octanol–water partition coefficient (Wildman–Crippen LogP) is 3.53. The molecule has 0 spiro atoms. The normalized spacial score (nSPS) is 17.4. The summed E-state index contributed by atoms with van der Waals surface area (Å²) >= 11 is 1.57. The summed E-state index contributed by atoms with van der Waals surface area (Å²) in [6.07, 6.45) is 5.58. The second kappa shape index (κ2) is 7.41. The van der Waals surface area contributed by atoms with E-state index in [4.69, 9.17) is 0 Å². The third kappa shape index (κ3) is 3.55. The van der Waals surface area contributed by atoms with E-state index in [9.17, 15) is 4.79 Å². The molecule has 1 amide bonds. The number of rotatable bonds is 4. The standard InChI is InChI=1S/C20H22N4OS/c1-14-4-5-17-16(11-14)18(6-7-21-17)24-9-2-3-15(13-24)20(25)23-12-19-22-8-10-26-19/h4-8,10-11,15H,2-3,9,12-13H2,1H3,(H,23,25). The maximum absolute atomic E-state index is 12.6. The number of fused-ring (bicyclic) bond motifs is 1. The van der Waals surface area contributed by atoms with Crippen LogP contribution in [0.2, 0.25) is 0 Å². The van der Waals surface area contributed by atoms with Crippen LogP contribution in [0.25, 0.3) is 10.9 Å². The van der Waals surface area contributed by atoms with Crippen LogP contribution in [0, 0.1) is 12.8 Å². The lowest BCUT2D eigenvalue weighted by Crippen LogP contribution is -2.43. The second-order valence-corrected chi connectivity index (χ2v) is 7.76. The highest BCUT2D eigenvalue weighted by Gasteiger charge is 2.26. The SMILES string of the molecule is Cc1ccc2nccc(N3CCCC(C(=O)NCc4nccs4)C3)c2c1. The Morgan fingerprint density at radius 1 is 1.31 bits per heavy atom. The molecule has 0 aliphatic carbocycles. The van der Waals surface area contributed by atoms with Gasteiger partial charge in [-0.1, -0.05) is 11.6 Å². The summed E-state index contributed by atoms with van der Waals surface area (Å²) in [5.74, 6) is 0.135. The van der Waals surface area contributed by atoms with Crippen molar-refractivity contribution in [3.63, 3.8) is 0 Å². The summed E-state index contributed by atoms with van der Waals surface area (Å²) in [6.45, 7) is 4.34. The number of carbonyl (C=O) groups excluding carboxylic acids is 1. The molecule has 0 saturated carbocycles. The van der Waals surface area contributed by atoms with Gasteiger partial charge in [-0.2, -0.15) is 0 Å². The summed E-state index contributed by atoms with van der Waals surface area (Å²) < 4.78 is 0. The number of carbonyl (C=O) groups is 1. The minimum absolute atomic E-state index is 0.0109. The lowest BCUT2D eigenvalue weighted by Gasteiger charge is -2.34. The minimum atomic E-state index is 0.0109. The number of hydrogen-bond acceptors (Lipinski definition) is 5. The molecule has 1 aliphatic heterocycles. The molecular weight excluding hydrogens is 344 g/mol. The van der Waals surface area contributed by atoms with Gasteiger partial charge < -0.3 is 10.2 Å². The van der Waals surface area contributed by atoms with Crippen molar-refractivity contribution >= 4 is 33.8 Å². The number of amides is 1. The highest BCUT2D eigenvalue weighted by molar-refractivity contribution is 7.09. The summed E-state index contributed by atoms with van der Waals surface area (Å²) in [5, 5.41) is 7.08. The molecule has 0 bridgehead atoms. The van der Waals surface area contributed by atoms with E-state index in [1.54, 1.807) is 17.5 Å². The number of nitrogens with one attached hydrogen (secondary N) is 1. The van der Waals surface area contributed by atoms with Crippen molar-refractivity contribution in [3.05, 3.63) is 52.6 Å². The van der Waals surface area contributed by atoms with Crippen molar-refractivity contribution in [2.75, 3.05) is 18.0 Å². The van der Waals surface area contributed by atoms with Crippen LogP contribution in [0.15, 0.2) is 42.0 Å². The average molecular weight is 366 g/mol. The third-order valence-corrected chi connectivity index (χ3v) is 5.68. The van der Waals surface area contributed by atoms with Crippen LogP contribution in [-0.2, 0) is 11.3 Å². The minimum Gasteiger partial charge on any atom is -0.370 e. The fourth-order valence-electron chi connectivity index (χ4n) is 3.58. The smallest absolute Gasteiger partial charge is 0.225 e. The number of benzene rings is 1. The Morgan fingerprint density at radius 2 is 2.23 bits per heavy atom. The van der Waals surface area contributed by atoms with Crippen LogP contribution in [0.1, 0.15) is 23.4 Å². The number of piperidine rings is 1. The molecule has 1 saturated heterocycles. The van der Waals surface area contributed by atoms with E-state index in [0.29, 0.717) is 6.54 Å². The summed E-state index contributed by atoms with van der Waals surface area (Å²) in [6, 6.07) is 8.40.